The van der Waals surface area contributed by atoms with E-state index in [0.717, 1.165) is 14.9 Å². The third kappa shape index (κ3) is 3.97. The van der Waals surface area contributed by atoms with Crippen LogP contribution in [0.3, 0.4) is 0 Å². The monoisotopic (exact) mass is 513 g/mol. The second kappa shape index (κ2) is 8.74. The van der Waals surface area contributed by atoms with Gasteiger partial charge in [-0.15, -0.1) is 0 Å². The first-order chi connectivity index (χ1) is 14.6. The maximum atomic E-state index is 13.5. The summed E-state index contributed by atoms with van der Waals surface area (Å²) in [5.41, 5.74) is 2.17. The van der Waals surface area contributed by atoms with Gasteiger partial charge >= 0.3 is 0 Å². The molecule has 152 valence electrons. The SMILES string of the molecule is COc1ccc(CNc2nc3ccc(I)cc3c(=O)n2-c2ccccc2OC)cc1. The molecule has 4 aromatic rings. The summed E-state index contributed by atoms with van der Waals surface area (Å²) in [6.07, 6.45) is 0. The number of para-hydroxylation sites is 2. The predicted octanol–water partition coefficient (Wildman–Crippen LogP) is 4.62. The molecule has 3 aromatic carbocycles. The maximum Gasteiger partial charge on any atom is 0.267 e. The summed E-state index contributed by atoms with van der Waals surface area (Å²) in [5, 5.41) is 3.88. The topological polar surface area (TPSA) is 65.4 Å². The van der Waals surface area contributed by atoms with Crippen molar-refractivity contribution in [1.82, 2.24) is 9.55 Å². The molecular formula is C23H20IN3O3. The number of methoxy groups -OCH3 is 2. The Labute approximate surface area is 187 Å². The Bertz CT molecular complexity index is 1250. The van der Waals surface area contributed by atoms with Gasteiger partial charge in [-0.2, -0.15) is 0 Å². The van der Waals surface area contributed by atoms with E-state index in [-0.39, 0.29) is 5.56 Å². The van der Waals surface area contributed by atoms with Crippen LogP contribution in [0.15, 0.2) is 71.5 Å². The van der Waals surface area contributed by atoms with E-state index >= 15 is 0 Å². The van der Waals surface area contributed by atoms with E-state index in [2.05, 4.69) is 27.9 Å². The highest BCUT2D eigenvalue weighted by Crippen LogP contribution is 2.25. The Kier molecular flexibility index (Phi) is 5.89. The van der Waals surface area contributed by atoms with Crippen LogP contribution in [0.25, 0.3) is 16.6 Å². The highest BCUT2D eigenvalue weighted by Gasteiger charge is 2.16. The fourth-order valence-corrected chi connectivity index (χ4v) is 3.73. The summed E-state index contributed by atoms with van der Waals surface area (Å²) in [6.45, 7) is 0.501. The molecule has 0 atom stereocenters. The van der Waals surface area contributed by atoms with Gasteiger partial charge in [0.25, 0.3) is 5.56 Å². The van der Waals surface area contributed by atoms with E-state index in [9.17, 15) is 4.79 Å². The Morgan fingerprint density at radius 2 is 1.77 bits per heavy atom. The second-order valence-electron chi connectivity index (χ2n) is 6.61. The van der Waals surface area contributed by atoms with Crippen LogP contribution in [0.2, 0.25) is 0 Å². The molecule has 0 spiro atoms. The molecule has 1 N–H and O–H groups in total. The van der Waals surface area contributed by atoms with Gasteiger partial charge in [0, 0.05) is 10.1 Å². The maximum absolute atomic E-state index is 13.5. The van der Waals surface area contributed by atoms with Crippen molar-refractivity contribution < 1.29 is 9.47 Å². The lowest BCUT2D eigenvalue weighted by Crippen LogP contribution is -2.24. The lowest BCUT2D eigenvalue weighted by molar-refractivity contribution is 0.412. The lowest BCUT2D eigenvalue weighted by Gasteiger charge is -2.17. The van der Waals surface area contributed by atoms with Crippen molar-refractivity contribution >= 4 is 39.4 Å². The van der Waals surface area contributed by atoms with Crippen molar-refractivity contribution in [2.24, 2.45) is 0 Å². The van der Waals surface area contributed by atoms with Crippen molar-refractivity contribution in [3.8, 4) is 17.2 Å². The van der Waals surface area contributed by atoms with Crippen LogP contribution in [-0.4, -0.2) is 23.8 Å². The average Bonchev–Trinajstić information content (AvgIpc) is 2.78. The number of hydrogen-bond donors (Lipinski definition) is 1. The number of rotatable bonds is 6. The molecule has 0 fully saturated rings. The molecule has 0 unspecified atom stereocenters. The van der Waals surface area contributed by atoms with Gasteiger partial charge in [-0.3, -0.25) is 4.79 Å². The zero-order valence-corrected chi connectivity index (χ0v) is 18.7. The highest BCUT2D eigenvalue weighted by atomic mass is 127. The number of nitrogens with zero attached hydrogens (tertiary/aromatic N) is 2. The Hall–Kier alpha value is -3.07. The van der Waals surface area contributed by atoms with Crippen LogP contribution in [0, 0.1) is 3.57 Å². The zero-order chi connectivity index (χ0) is 21.1. The summed E-state index contributed by atoms with van der Waals surface area (Å²) in [7, 11) is 3.23. The van der Waals surface area contributed by atoms with Crippen LogP contribution >= 0.6 is 22.6 Å². The van der Waals surface area contributed by atoms with Crippen molar-refractivity contribution in [3.63, 3.8) is 0 Å². The summed E-state index contributed by atoms with van der Waals surface area (Å²) >= 11 is 2.20. The third-order valence-corrected chi connectivity index (χ3v) is 5.44. The molecule has 0 saturated heterocycles. The standard InChI is InChI=1S/C23H20IN3O3/c1-29-17-10-7-15(8-11-17)14-25-23-26-19-12-9-16(24)13-18(19)22(28)27(23)20-5-3-4-6-21(20)30-2/h3-13H,14H2,1-2H3,(H,25,26). The molecule has 0 amide bonds. The largest absolute Gasteiger partial charge is 0.497 e. The summed E-state index contributed by atoms with van der Waals surface area (Å²) in [4.78, 5) is 18.2. The van der Waals surface area contributed by atoms with Gasteiger partial charge in [0.1, 0.15) is 11.5 Å². The smallest absolute Gasteiger partial charge is 0.267 e. The quantitative estimate of drug-likeness (QED) is 0.382. The molecule has 30 heavy (non-hydrogen) atoms. The average molecular weight is 513 g/mol. The lowest BCUT2D eigenvalue weighted by atomic mass is 10.2. The summed E-state index contributed by atoms with van der Waals surface area (Å²) < 4.78 is 13.3. The number of fused-ring (bicyclic) bond motifs is 1. The molecule has 6 nitrogen and oxygen atoms in total. The van der Waals surface area contributed by atoms with E-state index < -0.39 is 0 Å². The Morgan fingerprint density at radius 3 is 2.50 bits per heavy atom. The Balaban J connectivity index is 1.84. The van der Waals surface area contributed by atoms with Crippen LogP contribution in [0.1, 0.15) is 5.56 Å². The van der Waals surface area contributed by atoms with Crippen LogP contribution in [0.4, 0.5) is 5.95 Å². The minimum absolute atomic E-state index is 0.153. The molecule has 0 bridgehead atoms. The zero-order valence-electron chi connectivity index (χ0n) is 16.6. The number of ether oxygens (including phenoxy) is 2. The number of anilines is 1. The fraction of sp³-hybridized carbons (Fsp3) is 0.130. The minimum Gasteiger partial charge on any atom is -0.497 e. The van der Waals surface area contributed by atoms with Crippen molar-refractivity contribution in [1.29, 1.82) is 0 Å². The van der Waals surface area contributed by atoms with E-state index in [4.69, 9.17) is 14.5 Å². The molecule has 4 rings (SSSR count). The number of nitrogens with one attached hydrogen (secondary N) is 1. The number of hydrogen-bond acceptors (Lipinski definition) is 5. The van der Waals surface area contributed by atoms with Crippen molar-refractivity contribution in [2.45, 2.75) is 6.54 Å². The van der Waals surface area contributed by atoms with E-state index in [1.165, 1.54) is 0 Å². The van der Waals surface area contributed by atoms with Gasteiger partial charge in [0.15, 0.2) is 0 Å². The first-order valence-corrected chi connectivity index (χ1v) is 10.4. The molecule has 0 aliphatic carbocycles. The fourth-order valence-electron chi connectivity index (χ4n) is 3.24. The van der Waals surface area contributed by atoms with Crippen LogP contribution < -0.4 is 20.3 Å². The molecule has 1 heterocycles. The predicted molar refractivity (Wildman–Crippen MR) is 127 cm³/mol. The Morgan fingerprint density at radius 1 is 1.00 bits per heavy atom. The molecule has 1 aromatic heterocycles. The first kappa shape index (κ1) is 20.2. The van der Waals surface area contributed by atoms with Gasteiger partial charge in [0.2, 0.25) is 5.95 Å². The molecular weight excluding hydrogens is 493 g/mol. The normalized spacial score (nSPS) is 10.8. The summed E-state index contributed by atoms with van der Waals surface area (Å²) in [5.74, 6) is 1.84. The van der Waals surface area contributed by atoms with Gasteiger partial charge in [-0.05, 0) is 70.6 Å². The highest BCUT2D eigenvalue weighted by molar-refractivity contribution is 14.1. The van der Waals surface area contributed by atoms with E-state index in [1.807, 2.05) is 66.7 Å². The van der Waals surface area contributed by atoms with E-state index in [1.54, 1.807) is 18.8 Å². The molecule has 0 radical (unpaired) electrons. The van der Waals surface area contributed by atoms with E-state index in [0.29, 0.717) is 34.8 Å². The molecule has 0 aliphatic heterocycles. The number of benzene rings is 3. The van der Waals surface area contributed by atoms with Gasteiger partial charge < -0.3 is 14.8 Å². The van der Waals surface area contributed by atoms with Gasteiger partial charge in [-0.1, -0.05) is 24.3 Å². The van der Waals surface area contributed by atoms with Crippen LogP contribution in [-0.2, 0) is 6.54 Å². The minimum atomic E-state index is -0.153. The third-order valence-electron chi connectivity index (χ3n) is 4.77. The number of aromatic nitrogens is 2. The van der Waals surface area contributed by atoms with Gasteiger partial charge in [0.05, 0.1) is 30.8 Å². The first-order valence-electron chi connectivity index (χ1n) is 9.33. The van der Waals surface area contributed by atoms with Crippen molar-refractivity contribution in [2.75, 3.05) is 19.5 Å². The molecule has 0 saturated carbocycles. The van der Waals surface area contributed by atoms with Crippen molar-refractivity contribution in [3.05, 3.63) is 86.2 Å². The second-order valence-corrected chi connectivity index (χ2v) is 7.86. The number of halogens is 1. The summed E-state index contributed by atoms with van der Waals surface area (Å²) in [6, 6.07) is 20.8. The van der Waals surface area contributed by atoms with Crippen LogP contribution in [0.5, 0.6) is 11.5 Å². The molecule has 7 heteroatoms. The van der Waals surface area contributed by atoms with Gasteiger partial charge in [-0.25, -0.2) is 9.55 Å². The molecule has 0 aliphatic rings.